The minimum Gasteiger partial charge on any atom is -0.298 e. The van der Waals surface area contributed by atoms with Crippen LogP contribution in [0.2, 0.25) is 0 Å². The predicted octanol–water partition coefficient (Wildman–Crippen LogP) is 3.47. The van der Waals surface area contributed by atoms with Crippen molar-refractivity contribution in [2.45, 2.75) is 62.8 Å². The molecule has 6 heteroatoms. The Morgan fingerprint density at radius 3 is 2.16 bits per heavy atom. The van der Waals surface area contributed by atoms with Crippen molar-refractivity contribution in [1.82, 2.24) is 9.21 Å². The molecule has 2 aliphatic rings. The first-order chi connectivity index (χ1) is 11.8. The van der Waals surface area contributed by atoms with Gasteiger partial charge in [0.15, 0.2) is 0 Å². The van der Waals surface area contributed by atoms with E-state index in [-0.39, 0.29) is 5.38 Å². The zero-order valence-corrected chi connectivity index (χ0v) is 17.0. The maximum atomic E-state index is 13.2. The number of sulfonamides is 1. The maximum absolute atomic E-state index is 13.2. The molecule has 1 aliphatic heterocycles. The van der Waals surface area contributed by atoms with E-state index in [9.17, 15) is 8.42 Å². The summed E-state index contributed by atoms with van der Waals surface area (Å²) >= 11 is 6.33. The Balaban J connectivity index is 1.72. The van der Waals surface area contributed by atoms with E-state index in [1.807, 2.05) is 32.9 Å². The molecule has 1 aliphatic carbocycles. The fourth-order valence-corrected chi connectivity index (χ4v) is 6.64. The van der Waals surface area contributed by atoms with E-state index in [0.29, 0.717) is 24.0 Å². The zero-order valence-electron chi connectivity index (χ0n) is 15.5. The van der Waals surface area contributed by atoms with Crippen molar-refractivity contribution < 1.29 is 8.42 Å². The van der Waals surface area contributed by atoms with E-state index < -0.39 is 10.0 Å². The van der Waals surface area contributed by atoms with Gasteiger partial charge in [0.2, 0.25) is 10.0 Å². The van der Waals surface area contributed by atoms with Crippen molar-refractivity contribution >= 4 is 21.6 Å². The number of halogens is 1. The average Bonchev–Trinajstić information content (AvgIpc) is 2.53. The smallest absolute Gasteiger partial charge is 0.243 e. The Labute approximate surface area is 157 Å². The lowest BCUT2D eigenvalue weighted by atomic mass is 9.93. The molecule has 0 amide bonds. The van der Waals surface area contributed by atoms with E-state index in [0.717, 1.165) is 42.6 Å². The van der Waals surface area contributed by atoms with Crippen LogP contribution in [-0.4, -0.2) is 55.2 Å². The van der Waals surface area contributed by atoms with Crippen LogP contribution in [0.5, 0.6) is 0 Å². The van der Waals surface area contributed by atoms with Crippen LogP contribution < -0.4 is 0 Å². The number of benzene rings is 1. The highest BCUT2D eigenvalue weighted by molar-refractivity contribution is 7.89. The molecule has 0 aromatic heterocycles. The molecular weight excluding hydrogens is 356 g/mol. The Bertz CT molecular complexity index is 704. The van der Waals surface area contributed by atoms with Gasteiger partial charge in [-0.05, 0) is 51.2 Å². The van der Waals surface area contributed by atoms with E-state index in [2.05, 4.69) is 4.90 Å². The number of aryl methyl sites for hydroxylation is 3. The van der Waals surface area contributed by atoms with Gasteiger partial charge in [-0.2, -0.15) is 4.31 Å². The van der Waals surface area contributed by atoms with Gasteiger partial charge in [0.25, 0.3) is 0 Å². The van der Waals surface area contributed by atoms with Crippen LogP contribution in [0.4, 0.5) is 0 Å². The molecule has 0 radical (unpaired) electrons. The minimum atomic E-state index is -3.42. The summed E-state index contributed by atoms with van der Waals surface area (Å²) in [5.74, 6) is 0. The van der Waals surface area contributed by atoms with Gasteiger partial charge in [-0.1, -0.05) is 24.1 Å². The second-order valence-electron chi connectivity index (χ2n) is 7.59. The van der Waals surface area contributed by atoms with Crippen molar-refractivity contribution in [2.24, 2.45) is 0 Å². The van der Waals surface area contributed by atoms with E-state index in [1.165, 1.54) is 12.8 Å². The second-order valence-corrected chi connectivity index (χ2v) is 10.1. The van der Waals surface area contributed by atoms with Crippen LogP contribution in [-0.2, 0) is 10.0 Å². The van der Waals surface area contributed by atoms with Gasteiger partial charge < -0.3 is 0 Å². The SMILES string of the molecule is Cc1cc(C)c(S(=O)(=O)N2CCN([C@@H]3CCC[C@@H](Cl)C3)CC2)c(C)c1. The molecule has 2 atom stereocenters. The summed E-state index contributed by atoms with van der Waals surface area (Å²) in [6, 6.07) is 4.43. The van der Waals surface area contributed by atoms with E-state index in [4.69, 9.17) is 11.6 Å². The summed E-state index contributed by atoms with van der Waals surface area (Å²) in [6.07, 6.45) is 4.51. The highest BCUT2D eigenvalue weighted by Gasteiger charge is 2.34. The predicted molar refractivity (Wildman–Crippen MR) is 103 cm³/mol. The van der Waals surface area contributed by atoms with Crippen molar-refractivity contribution in [3.05, 3.63) is 28.8 Å². The molecule has 3 rings (SSSR count). The Morgan fingerprint density at radius 2 is 1.60 bits per heavy atom. The first-order valence-electron chi connectivity index (χ1n) is 9.25. The van der Waals surface area contributed by atoms with Crippen LogP contribution in [0.15, 0.2) is 17.0 Å². The highest BCUT2D eigenvalue weighted by atomic mass is 35.5. The quantitative estimate of drug-likeness (QED) is 0.749. The van der Waals surface area contributed by atoms with Crippen molar-refractivity contribution in [3.63, 3.8) is 0 Å². The van der Waals surface area contributed by atoms with Crippen LogP contribution in [0.25, 0.3) is 0 Å². The van der Waals surface area contributed by atoms with Gasteiger partial charge in [0.05, 0.1) is 4.90 Å². The van der Waals surface area contributed by atoms with Gasteiger partial charge in [-0.3, -0.25) is 4.90 Å². The van der Waals surface area contributed by atoms with Crippen molar-refractivity contribution in [1.29, 1.82) is 0 Å². The summed E-state index contributed by atoms with van der Waals surface area (Å²) in [5.41, 5.74) is 2.79. The topological polar surface area (TPSA) is 40.6 Å². The van der Waals surface area contributed by atoms with Gasteiger partial charge >= 0.3 is 0 Å². The fraction of sp³-hybridized carbons (Fsp3) is 0.684. The molecular formula is C19H29ClN2O2S. The van der Waals surface area contributed by atoms with E-state index in [1.54, 1.807) is 4.31 Å². The third-order valence-electron chi connectivity index (χ3n) is 5.57. The number of piperazine rings is 1. The molecule has 1 saturated heterocycles. The largest absolute Gasteiger partial charge is 0.298 e. The molecule has 1 aromatic carbocycles. The molecule has 1 heterocycles. The highest BCUT2D eigenvalue weighted by Crippen LogP contribution is 2.29. The lowest BCUT2D eigenvalue weighted by Crippen LogP contribution is -2.53. The molecule has 1 saturated carbocycles. The third kappa shape index (κ3) is 4.05. The number of nitrogens with zero attached hydrogens (tertiary/aromatic N) is 2. The molecule has 0 spiro atoms. The van der Waals surface area contributed by atoms with Gasteiger partial charge in [0.1, 0.15) is 0 Å². The summed E-state index contributed by atoms with van der Waals surface area (Å²) in [7, 11) is -3.42. The molecule has 0 unspecified atom stereocenters. The molecule has 0 N–H and O–H groups in total. The number of alkyl halides is 1. The molecule has 2 fully saturated rings. The summed E-state index contributed by atoms with van der Waals surface area (Å²) in [5, 5.41) is 0.276. The lowest BCUT2D eigenvalue weighted by Gasteiger charge is -2.41. The first kappa shape index (κ1) is 19.2. The summed E-state index contributed by atoms with van der Waals surface area (Å²) < 4.78 is 28.0. The number of hydrogen-bond donors (Lipinski definition) is 0. The molecule has 0 bridgehead atoms. The number of rotatable bonds is 3. The van der Waals surface area contributed by atoms with Gasteiger partial charge in [0, 0.05) is 37.6 Å². The summed E-state index contributed by atoms with van der Waals surface area (Å²) in [6.45, 7) is 8.53. The van der Waals surface area contributed by atoms with E-state index >= 15 is 0 Å². The Kier molecular flexibility index (Phi) is 5.78. The number of hydrogen-bond acceptors (Lipinski definition) is 3. The van der Waals surface area contributed by atoms with Crippen LogP contribution >= 0.6 is 11.6 Å². The zero-order chi connectivity index (χ0) is 18.2. The molecule has 4 nitrogen and oxygen atoms in total. The minimum absolute atomic E-state index is 0.276. The van der Waals surface area contributed by atoms with Crippen LogP contribution in [0.1, 0.15) is 42.4 Å². The summed E-state index contributed by atoms with van der Waals surface area (Å²) in [4.78, 5) is 2.93. The van der Waals surface area contributed by atoms with Gasteiger partial charge in [-0.25, -0.2) is 8.42 Å². The Morgan fingerprint density at radius 1 is 1.00 bits per heavy atom. The first-order valence-corrected chi connectivity index (χ1v) is 11.1. The molecule has 140 valence electrons. The Hall–Kier alpha value is -0.620. The van der Waals surface area contributed by atoms with Crippen molar-refractivity contribution in [3.8, 4) is 0 Å². The van der Waals surface area contributed by atoms with Crippen LogP contribution in [0, 0.1) is 20.8 Å². The monoisotopic (exact) mass is 384 g/mol. The molecule has 1 aromatic rings. The van der Waals surface area contributed by atoms with Crippen molar-refractivity contribution in [2.75, 3.05) is 26.2 Å². The average molecular weight is 385 g/mol. The standard InChI is InChI=1S/C19H29ClN2O2S/c1-14-11-15(2)19(16(3)12-14)25(23,24)22-9-7-21(8-10-22)18-6-4-5-17(20)13-18/h11-12,17-18H,4-10,13H2,1-3H3/t17-,18-/m1/s1. The maximum Gasteiger partial charge on any atom is 0.243 e. The fourth-order valence-electron chi connectivity index (χ4n) is 4.45. The second kappa shape index (κ2) is 7.55. The van der Waals surface area contributed by atoms with Crippen LogP contribution in [0.3, 0.4) is 0 Å². The normalized spacial score (nSPS) is 26.7. The third-order valence-corrected chi connectivity index (χ3v) is 8.18. The lowest BCUT2D eigenvalue weighted by molar-refractivity contribution is 0.112. The molecule has 25 heavy (non-hydrogen) atoms. The van der Waals surface area contributed by atoms with Gasteiger partial charge in [-0.15, -0.1) is 11.6 Å².